The number of fused-ring (bicyclic) bond motifs is 9. The molecule has 14 rings (SSSR count). The average molecular weight is 852 g/mol. The minimum Gasteiger partial charge on any atom is -0.455 e. The molecule has 67 heavy (non-hydrogen) atoms. The van der Waals surface area contributed by atoms with Crippen molar-refractivity contribution in [2.24, 2.45) is 0 Å². The van der Waals surface area contributed by atoms with Gasteiger partial charge in [-0.25, -0.2) is 4.85 Å². The molecule has 0 radical (unpaired) electrons. The fraction of sp³-hybridized carbons (Fsp3) is 0. The number of furan rings is 1. The lowest BCUT2D eigenvalue weighted by Crippen LogP contribution is -2.08. The third-order valence-corrected chi connectivity index (χ3v) is 13.8. The van der Waals surface area contributed by atoms with Crippen molar-refractivity contribution in [3.63, 3.8) is 0 Å². The molecule has 0 saturated carbocycles. The van der Waals surface area contributed by atoms with E-state index in [2.05, 4.69) is 141 Å². The molecule has 0 fully saturated rings. The van der Waals surface area contributed by atoms with E-state index >= 15 is 0 Å². The van der Waals surface area contributed by atoms with Crippen molar-refractivity contribution >= 4 is 92.8 Å². The maximum atomic E-state index is 11.9. The Balaban J connectivity index is 1.22. The maximum absolute atomic E-state index is 11.9. The average Bonchev–Trinajstić information content (AvgIpc) is 4.06. The van der Waals surface area contributed by atoms with E-state index in [-0.39, 0.29) is 0 Å². The summed E-state index contributed by atoms with van der Waals surface area (Å²) in [6.07, 6.45) is 3.90. The second-order valence-electron chi connectivity index (χ2n) is 17.1. The summed E-state index contributed by atoms with van der Waals surface area (Å²) in [6, 6.07) is 67.4. The molecule has 0 aliphatic heterocycles. The van der Waals surface area contributed by atoms with E-state index in [9.17, 15) is 11.8 Å². The van der Waals surface area contributed by atoms with Gasteiger partial charge >= 0.3 is 0 Å². The zero-order chi connectivity index (χ0) is 44.3. The molecule has 4 aromatic heterocycles. The largest absolute Gasteiger partial charge is 0.455 e. The predicted octanol–water partition coefficient (Wildman–Crippen LogP) is 16.3. The molecular weight excluding hydrogens is 819 g/mol. The summed E-state index contributed by atoms with van der Waals surface area (Å²) in [5.41, 5.74) is 12.5. The molecule has 4 heterocycles. The van der Waals surface area contributed by atoms with Gasteiger partial charge in [-0.05, 0) is 57.1 Å². The van der Waals surface area contributed by atoms with Gasteiger partial charge in [-0.2, -0.15) is 5.26 Å². The molecule has 0 unspecified atom stereocenters. The van der Waals surface area contributed by atoms with Gasteiger partial charge in [0.05, 0.1) is 51.8 Å². The Bertz CT molecular complexity index is 4380. The van der Waals surface area contributed by atoms with Crippen molar-refractivity contribution in [2.75, 3.05) is 0 Å². The molecule has 0 aliphatic rings. The van der Waals surface area contributed by atoms with Gasteiger partial charge in [-0.15, -0.1) is 0 Å². The van der Waals surface area contributed by atoms with Crippen LogP contribution in [0.2, 0.25) is 0 Å². The quantitative estimate of drug-likeness (QED) is 0.128. The Labute approximate surface area is 383 Å². The molecule has 14 aromatic rings. The lowest BCUT2D eigenvalue weighted by molar-refractivity contribution is 0.670. The summed E-state index contributed by atoms with van der Waals surface area (Å²) in [6.45, 7) is 9.23. The Hall–Kier alpha value is -9.49. The molecule has 0 aliphatic carbocycles. The van der Waals surface area contributed by atoms with Crippen LogP contribution in [0.15, 0.2) is 205 Å². The zero-order valence-corrected chi connectivity index (χ0v) is 35.7. The van der Waals surface area contributed by atoms with Gasteiger partial charge in [0.1, 0.15) is 17.2 Å². The summed E-state index contributed by atoms with van der Waals surface area (Å²) < 4.78 is 11.2. The second-order valence-corrected chi connectivity index (χ2v) is 17.1. The third kappa shape index (κ3) is 4.99. The van der Waals surface area contributed by atoms with Crippen LogP contribution in [0.1, 0.15) is 5.56 Å². The summed E-state index contributed by atoms with van der Waals surface area (Å²) in [5.74, 6) is 0. The second kappa shape index (κ2) is 14.0. The minimum atomic E-state index is 0.384. The molecule has 0 N–H and O–H groups in total. The molecule has 0 amide bonds. The van der Waals surface area contributed by atoms with Crippen LogP contribution in [0.5, 0.6) is 0 Å². The lowest BCUT2D eigenvalue weighted by Gasteiger charge is -2.25. The van der Waals surface area contributed by atoms with Crippen LogP contribution >= 0.6 is 0 Å². The van der Waals surface area contributed by atoms with Gasteiger partial charge in [0.2, 0.25) is 5.69 Å². The first-order chi connectivity index (χ1) is 33.2. The van der Waals surface area contributed by atoms with Crippen LogP contribution in [0.3, 0.4) is 0 Å². The maximum Gasteiger partial charge on any atom is 0.220 e. The van der Waals surface area contributed by atoms with Crippen molar-refractivity contribution in [1.29, 1.82) is 5.26 Å². The number of para-hydroxylation sites is 3. The van der Waals surface area contributed by atoms with Crippen LogP contribution in [-0.2, 0) is 0 Å². The number of rotatable bonds is 5. The summed E-state index contributed by atoms with van der Waals surface area (Å²) in [5, 5.41) is 22.7. The van der Waals surface area contributed by atoms with Gasteiger partial charge in [0, 0.05) is 60.6 Å². The number of benzene rings is 10. The Morgan fingerprint density at radius 1 is 0.448 bits per heavy atom. The first-order valence-electron chi connectivity index (χ1n) is 22.3. The van der Waals surface area contributed by atoms with Crippen LogP contribution in [-0.4, -0.2) is 14.1 Å². The SMILES string of the molecule is [C-]#[N+]c1c(-c2ccccc2)c(C#N)c(-n2c3ccccc3c3c(-c4cccc5c4oc4ccccc45)cccc32)c(-c2ccccc2)c1-n1c2cccc3c4ccccc4c4cncc1c4c32. The van der Waals surface area contributed by atoms with E-state index in [4.69, 9.17) is 9.40 Å². The summed E-state index contributed by atoms with van der Waals surface area (Å²) in [4.78, 5) is 9.43. The molecule has 6 heteroatoms. The van der Waals surface area contributed by atoms with E-state index in [1.807, 2.05) is 79.1 Å². The Kier molecular flexibility index (Phi) is 7.72. The van der Waals surface area contributed by atoms with Gasteiger partial charge in [-0.3, -0.25) is 4.98 Å². The molecular formula is C61H33N5O. The van der Waals surface area contributed by atoms with Crippen molar-refractivity contribution in [1.82, 2.24) is 14.1 Å². The lowest BCUT2D eigenvalue weighted by atomic mass is 9.88. The molecule has 0 atom stereocenters. The zero-order valence-electron chi connectivity index (χ0n) is 35.7. The van der Waals surface area contributed by atoms with E-state index in [0.717, 1.165) is 115 Å². The normalized spacial score (nSPS) is 11.9. The van der Waals surface area contributed by atoms with Crippen LogP contribution < -0.4 is 0 Å². The van der Waals surface area contributed by atoms with E-state index in [0.29, 0.717) is 28.2 Å². The van der Waals surface area contributed by atoms with Crippen LogP contribution in [0.4, 0.5) is 5.69 Å². The number of aromatic nitrogens is 3. The van der Waals surface area contributed by atoms with Gasteiger partial charge in [0.15, 0.2) is 0 Å². The molecule has 0 bridgehead atoms. The topological polar surface area (TPSA) is 64.0 Å². The van der Waals surface area contributed by atoms with E-state index in [1.165, 1.54) is 0 Å². The highest BCUT2D eigenvalue weighted by molar-refractivity contribution is 6.34. The molecule has 0 spiro atoms. The monoisotopic (exact) mass is 851 g/mol. The molecule has 0 saturated heterocycles. The first-order valence-corrected chi connectivity index (χ1v) is 22.3. The number of nitrogens with zero attached hydrogens (tertiary/aromatic N) is 5. The standard InChI is InChI=1S/C61H33N5O/c1-63-58-53(36-17-4-2-5-18-36)46(33-62)59(65-48-29-12-10-24-45(48)55-42(26-16-30-49(55)65)44-28-14-27-43-40-23-11-13-32-52(40)67-61(43)44)54(37-19-6-3-7-20-37)60(58)66-50-31-15-25-41-38-21-8-9-22-39(38)47-34-64-35-51(66)57(47)56(41)50/h2-32,34-35H. The summed E-state index contributed by atoms with van der Waals surface area (Å²) >= 11 is 0. The first kappa shape index (κ1) is 36.9. The Morgan fingerprint density at radius 3 is 1.76 bits per heavy atom. The smallest absolute Gasteiger partial charge is 0.220 e. The number of hydrogen-bond acceptors (Lipinski definition) is 3. The number of nitriles is 1. The van der Waals surface area contributed by atoms with Crippen LogP contribution in [0, 0.1) is 17.9 Å². The predicted molar refractivity (Wildman–Crippen MR) is 274 cm³/mol. The summed E-state index contributed by atoms with van der Waals surface area (Å²) in [7, 11) is 0. The highest BCUT2D eigenvalue weighted by atomic mass is 16.3. The number of hydrogen-bond donors (Lipinski definition) is 0. The van der Waals surface area contributed by atoms with Gasteiger partial charge in [0.25, 0.3) is 0 Å². The van der Waals surface area contributed by atoms with Crippen molar-refractivity contribution in [3.05, 3.63) is 217 Å². The van der Waals surface area contributed by atoms with Crippen molar-refractivity contribution in [2.45, 2.75) is 0 Å². The van der Waals surface area contributed by atoms with Gasteiger partial charge < -0.3 is 13.6 Å². The molecule has 6 nitrogen and oxygen atoms in total. The van der Waals surface area contributed by atoms with E-state index in [1.54, 1.807) is 0 Å². The molecule has 10 aromatic carbocycles. The van der Waals surface area contributed by atoms with Gasteiger partial charge in [-0.1, -0.05) is 164 Å². The van der Waals surface area contributed by atoms with Crippen molar-refractivity contribution < 1.29 is 4.42 Å². The van der Waals surface area contributed by atoms with Crippen molar-refractivity contribution in [3.8, 4) is 50.8 Å². The third-order valence-electron chi connectivity index (χ3n) is 13.8. The van der Waals surface area contributed by atoms with Crippen LogP contribution in [0.25, 0.3) is 137 Å². The fourth-order valence-electron chi connectivity index (χ4n) is 11.2. The highest BCUT2D eigenvalue weighted by Gasteiger charge is 2.33. The highest BCUT2D eigenvalue weighted by Crippen LogP contribution is 2.54. The fourth-order valence-corrected chi connectivity index (χ4v) is 11.2. The van der Waals surface area contributed by atoms with E-state index < -0.39 is 0 Å². The number of pyridine rings is 1. The Morgan fingerprint density at radius 2 is 1.00 bits per heavy atom. The molecule has 308 valence electrons. The minimum absolute atomic E-state index is 0.384.